The van der Waals surface area contributed by atoms with Gasteiger partial charge in [-0.15, -0.1) is 0 Å². The van der Waals surface area contributed by atoms with E-state index in [1.54, 1.807) is 0 Å². The number of nitrogens with one attached hydrogen (secondary N) is 1. The van der Waals surface area contributed by atoms with Crippen LogP contribution in [0.4, 0.5) is 0 Å². The van der Waals surface area contributed by atoms with Gasteiger partial charge in [0.25, 0.3) is 0 Å². The normalized spacial score (nSPS) is 18.6. The van der Waals surface area contributed by atoms with Gasteiger partial charge >= 0.3 is 0 Å². The van der Waals surface area contributed by atoms with Crippen LogP contribution in [0.25, 0.3) is 0 Å². The molecule has 0 saturated heterocycles. The predicted molar refractivity (Wildman–Crippen MR) is 71.5 cm³/mol. The quantitative estimate of drug-likeness (QED) is 0.815. The van der Waals surface area contributed by atoms with Gasteiger partial charge in [-0.1, -0.05) is 24.3 Å². The van der Waals surface area contributed by atoms with Crippen molar-refractivity contribution in [3.05, 3.63) is 35.4 Å². The summed E-state index contributed by atoms with van der Waals surface area (Å²) in [5.74, 6) is 0.698. The molecule has 0 amide bonds. The van der Waals surface area contributed by atoms with E-state index in [1.165, 1.54) is 17.5 Å². The number of fused-ring (bicyclic) bond motifs is 1. The van der Waals surface area contributed by atoms with Crippen molar-refractivity contribution in [1.29, 1.82) is 0 Å². The molecular weight excluding hydrogens is 210 g/mol. The van der Waals surface area contributed by atoms with E-state index in [0.29, 0.717) is 5.92 Å². The molecule has 0 radical (unpaired) electrons. The molecule has 1 aromatic carbocycles. The summed E-state index contributed by atoms with van der Waals surface area (Å²) in [6, 6.07) is 8.74. The minimum Gasteiger partial charge on any atom is -0.375 e. The van der Waals surface area contributed by atoms with Gasteiger partial charge in [-0.3, -0.25) is 0 Å². The second-order valence-electron chi connectivity index (χ2n) is 5.42. The molecule has 0 fully saturated rings. The lowest BCUT2D eigenvalue weighted by atomic mass is 9.77. The van der Waals surface area contributed by atoms with Crippen LogP contribution in [0, 0.1) is 0 Å². The minimum atomic E-state index is -0.0575. The summed E-state index contributed by atoms with van der Waals surface area (Å²) in [6.45, 7) is 9.08. The molecule has 17 heavy (non-hydrogen) atoms. The van der Waals surface area contributed by atoms with Gasteiger partial charge < -0.3 is 10.1 Å². The fraction of sp³-hybridized carbons (Fsp3) is 0.600. The third-order valence-corrected chi connectivity index (χ3v) is 3.44. The number of ether oxygens (including phenoxy) is 1. The van der Waals surface area contributed by atoms with Gasteiger partial charge in [0.2, 0.25) is 0 Å². The maximum Gasteiger partial charge on any atom is 0.0750 e. The van der Waals surface area contributed by atoms with Crippen molar-refractivity contribution >= 4 is 0 Å². The lowest BCUT2D eigenvalue weighted by Gasteiger charge is -2.32. The lowest BCUT2D eigenvalue weighted by molar-refractivity contribution is -0.00893. The molecule has 2 nitrogen and oxygen atoms in total. The highest BCUT2D eigenvalue weighted by Crippen LogP contribution is 2.33. The van der Waals surface area contributed by atoms with Gasteiger partial charge in [-0.05, 0) is 38.3 Å². The van der Waals surface area contributed by atoms with E-state index in [4.69, 9.17) is 4.74 Å². The molecule has 0 aromatic heterocycles. The SMILES string of the molecule is CCOC(C)(C)CNCC1Cc2ccccc21. The first-order valence-corrected chi connectivity index (χ1v) is 6.55. The Hall–Kier alpha value is -0.860. The number of rotatable bonds is 6. The van der Waals surface area contributed by atoms with Crippen LogP contribution < -0.4 is 5.32 Å². The molecule has 0 heterocycles. The smallest absolute Gasteiger partial charge is 0.0750 e. The zero-order valence-electron chi connectivity index (χ0n) is 11.1. The van der Waals surface area contributed by atoms with Crippen LogP contribution in [0.2, 0.25) is 0 Å². The molecule has 1 aliphatic rings. The van der Waals surface area contributed by atoms with Crippen molar-refractivity contribution in [2.75, 3.05) is 19.7 Å². The van der Waals surface area contributed by atoms with E-state index in [2.05, 4.69) is 43.4 Å². The van der Waals surface area contributed by atoms with Crippen LogP contribution in [-0.2, 0) is 11.2 Å². The average Bonchev–Trinajstić information content (AvgIpc) is 2.24. The van der Waals surface area contributed by atoms with Crippen LogP contribution in [0.15, 0.2) is 24.3 Å². The molecule has 1 unspecified atom stereocenters. The Bertz CT molecular complexity index is 373. The number of benzene rings is 1. The lowest BCUT2D eigenvalue weighted by Crippen LogP contribution is -2.40. The van der Waals surface area contributed by atoms with Crippen LogP contribution in [-0.4, -0.2) is 25.3 Å². The fourth-order valence-corrected chi connectivity index (χ4v) is 2.53. The highest BCUT2D eigenvalue weighted by molar-refractivity contribution is 5.40. The minimum absolute atomic E-state index is 0.0575. The van der Waals surface area contributed by atoms with Gasteiger partial charge in [0.1, 0.15) is 0 Å². The Morgan fingerprint density at radius 3 is 2.82 bits per heavy atom. The van der Waals surface area contributed by atoms with Crippen molar-refractivity contribution in [3.63, 3.8) is 0 Å². The molecule has 0 saturated carbocycles. The first-order chi connectivity index (χ1) is 8.12. The Morgan fingerprint density at radius 2 is 2.12 bits per heavy atom. The van der Waals surface area contributed by atoms with Crippen LogP contribution >= 0.6 is 0 Å². The van der Waals surface area contributed by atoms with Gasteiger partial charge in [0.05, 0.1) is 5.60 Å². The summed E-state index contributed by atoms with van der Waals surface area (Å²) < 4.78 is 5.67. The largest absolute Gasteiger partial charge is 0.375 e. The Kier molecular flexibility index (Phi) is 3.85. The Morgan fingerprint density at radius 1 is 1.35 bits per heavy atom. The summed E-state index contributed by atoms with van der Waals surface area (Å²) in [4.78, 5) is 0. The van der Waals surface area contributed by atoms with E-state index < -0.39 is 0 Å². The van der Waals surface area contributed by atoms with Gasteiger partial charge in [-0.2, -0.15) is 0 Å². The first kappa shape index (κ1) is 12.6. The molecule has 1 N–H and O–H groups in total. The van der Waals surface area contributed by atoms with Crippen molar-refractivity contribution in [2.45, 2.75) is 38.7 Å². The number of hydrogen-bond donors (Lipinski definition) is 1. The van der Waals surface area contributed by atoms with Crippen molar-refractivity contribution in [2.24, 2.45) is 0 Å². The van der Waals surface area contributed by atoms with E-state index in [-0.39, 0.29) is 5.60 Å². The van der Waals surface area contributed by atoms with Gasteiger partial charge in [0.15, 0.2) is 0 Å². The molecule has 0 spiro atoms. The zero-order chi connectivity index (χ0) is 12.3. The number of hydrogen-bond acceptors (Lipinski definition) is 2. The second-order valence-corrected chi connectivity index (χ2v) is 5.42. The van der Waals surface area contributed by atoms with Crippen molar-refractivity contribution in [3.8, 4) is 0 Å². The summed E-state index contributed by atoms with van der Waals surface area (Å²) in [5.41, 5.74) is 2.98. The molecule has 1 aliphatic carbocycles. The summed E-state index contributed by atoms with van der Waals surface area (Å²) in [5, 5.41) is 3.53. The van der Waals surface area contributed by atoms with Crippen LogP contribution in [0.5, 0.6) is 0 Å². The molecule has 94 valence electrons. The maximum absolute atomic E-state index is 5.67. The van der Waals surface area contributed by atoms with E-state index in [0.717, 1.165) is 19.7 Å². The van der Waals surface area contributed by atoms with Crippen LogP contribution in [0.1, 0.15) is 37.8 Å². The highest BCUT2D eigenvalue weighted by Gasteiger charge is 2.25. The zero-order valence-corrected chi connectivity index (χ0v) is 11.1. The standard InChI is InChI=1S/C15H23NO/c1-4-17-15(2,3)11-16-10-13-9-12-7-5-6-8-14(12)13/h5-8,13,16H,4,9-11H2,1-3H3. The first-order valence-electron chi connectivity index (χ1n) is 6.55. The van der Waals surface area contributed by atoms with E-state index in [9.17, 15) is 0 Å². The second kappa shape index (κ2) is 5.19. The molecule has 0 aliphatic heterocycles. The van der Waals surface area contributed by atoms with Gasteiger partial charge in [-0.25, -0.2) is 0 Å². The summed E-state index contributed by atoms with van der Waals surface area (Å²) in [6.07, 6.45) is 1.22. The molecule has 1 atom stereocenters. The topological polar surface area (TPSA) is 21.3 Å². The third kappa shape index (κ3) is 3.08. The molecule has 2 heteroatoms. The summed E-state index contributed by atoms with van der Waals surface area (Å²) >= 11 is 0. The highest BCUT2D eigenvalue weighted by atomic mass is 16.5. The molecule has 0 bridgehead atoms. The maximum atomic E-state index is 5.67. The van der Waals surface area contributed by atoms with Gasteiger partial charge in [0, 0.05) is 25.6 Å². The predicted octanol–water partition coefficient (Wildman–Crippen LogP) is 2.73. The molecule has 1 aromatic rings. The van der Waals surface area contributed by atoms with Crippen molar-refractivity contribution < 1.29 is 4.74 Å². The Balaban J connectivity index is 1.75. The molecular formula is C15H23NO. The van der Waals surface area contributed by atoms with E-state index >= 15 is 0 Å². The van der Waals surface area contributed by atoms with E-state index in [1.807, 2.05) is 6.92 Å². The third-order valence-electron chi connectivity index (χ3n) is 3.44. The Labute approximate surface area is 104 Å². The fourth-order valence-electron chi connectivity index (χ4n) is 2.53. The average molecular weight is 233 g/mol. The van der Waals surface area contributed by atoms with Crippen LogP contribution in [0.3, 0.4) is 0 Å². The summed E-state index contributed by atoms with van der Waals surface area (Å²) in [7, 11) is 0. The molecule has 2 rings (SSSR count). The van der Waals surface area contributed by atoms with Crippen molar-refractivity contribution in [1.82, 2.24) is 5.32 Å². The monoisotopic (exact) mass is 233 g/mol.